The predicted octanol–water partition coefficient (Wildman–Crippen LogP) is 4.96. The number of phenolic OH excluding ortho intramolecular Hbond substituents is 1. The Hall–Kier alpha value is -4.40. The largest absolute Gasteiger partial charge is 0.504 e. The number of carbonyl (C=O) groups excluding carboxylic acids is 1. The molecule has 0 radical (unpaired) electrons. The Bertz CT molecular complexity index is 1590. The first-order valence-electron chi connectivity index (χ1n) is 13.1. The SMILES string of the molecule is CCOc1ccc2[nH]c3c(c2c1)CCC[C@@H]3NC(=O)C[C@H](c1ccc(O)c(OC)c1)c1oc(C)cc(=O)c1O. The Morgan fingerprint density at radius 3 is 2.79 bits per heavy atom. The van der Waals surface area contributed by atoms with E-state index in [1.807, 2.05) is 25.1 Å². The van der Waals surface area contributed by atoms with E-state index in [0.717, 1.165) is 41.6 Å². The molecule has 2 atom stereocenters. The van der Waals surface area contributed by atoms with E-state index in [2.05, 4.69) is 10.3 Å². The van der Waals surface area contributed by atoms with Gasteiger partial charge in [-0.15, -0.1) is 0 Å². The molecule has 5 rings (SSSR count). The number of phenols is 1. The molecule has 2 heterocycles. The third-order valence-corrected chi connectivity index (χ3v) is 7.21. The molecule has 0 aliphatic heterocycles. The highest BCUT2D eigenvalue weighted by atomic mass is 16.5. The van der Waals surface area contributed by atoms with Crippen LogP contribution in [0.1, 0.15) is 66.5 Å². The van der Waals surface area contributed by atoms with Gasteiger partial charge in [-0.25, -0.2) is 0 Å². The van der Waals surface area contributed by atoms with Crippen molar-refractivity contribution in [2.24, 2.45) is 0 Å². The lowest BCUT2D eigenvalue weighted by molar-refractivity contribution is -0.122. The molecular formula is C30H32N2O7. The third kappa shape index (κ3) is 5.16. The second-order valence-corrected chi connectivity index (χ2v) is 9.79. The van der Waals surface area contributed by atoms with E-state index in [9.17, 15) is 19.8 Å². The lowest BCUT2D eigenvalue weighted by atomic mass is 9.89. The highest BCUT2D eigenvalue weighted by Crippen LogP contribution is 2.39. The summed E-state index contributed by atoms with van der Waals surface area (Å²) in [5.74, 6) is -0.384. The molecule has 0 fully saturated rings. The van der Waals surface area contributed by atoms with Crippen molar-refractivity contribution in [3.05, 3.63) is 81.0 Å². The van der Waals surface area contributed by atoms with Crippen molar-refractivity contribution in [2.45, 2.75) is 51.5 Å². The predicted molar refractivity (Wildman–Crippen MR) is 146 cm³/mol. The first-order valence-corrected chi connectivity index (χ1v) is 13.1. The molecule has 0 bridgehead atoms. The van der Waals surface area contributed by atoms with E-state index < -0.39 is 17.1 Å². The lowest BCUT2D eigenvalue weighted by Gasteiger charge is -2.25. The summed E-state index contributed by atoms with van der Waals surface area (Å²) in [4.78, 5) is 29.4. The van der Waals surface area contributed by atoms with Gasteiger partial charge in [0.25, 0.3) is 0 Å². The third-order valence-electron chi connectivity index (χ3n) is 7.21. The summed E-state index contributed by atoms with van der Waals surface area (Å²) < 4.78 is 16.7. The number of methoxy groups -OCH3 is 1. The topological polar surface area (TPSA) is 134 Å². The molecule has 2 aromatic carbocycles. The van der Waals surface area contributed by atoms with E-state index in [0.29, 0.717) is 17.9 Å². The fourth-order valence-electron chi connectivity index (χ4n) is 5.42. The van der Waals surface area contributed by atoms with Gasteiger partial charge in [0, 0.05) is 29.1 Å². The molecule has 1 aliphatic carbocycles. The van der Waals surface area contributed by atoms with Gasteiger partial charge in [-0.05, 0) is 74.6 Å². The van der Waals surface area contributed by atoms with Gasteiger partial charge in [-0.1, -0.05) is 6.07 Å². The molecule has 0 spiro atoms. The van der Waals surface area contributed by atoms with Crippen molar-refractivity contribution >= 4 is 16.8 Å². The maximum absolute atomic E-state index is 13.5. The van der Waals surface area contributed by atoms with E-state index in [4.69, 9.17) is 13.9 Å². The monoisotopic (exact) mass is 532 g/mol. The van der Waals surface area contributed by atoms with Crippen LogP contribution in [0.4, 0.5) is 0 Å². The highest BCUT2D eigenvalue weighted by Gasteiger charge is 2.30. The number of aromatic amines is 1. The summed E-state index contributed by atoms with van der Waals surface area (Å²) in [5, 5.41) is 24.9. The smallest absolute Gasteiger partial charge is 0.227 e. The second-order valence-electron chi connectivity index (χ2n) is 9.79. The molecular weight excluding hydrogens is 500 g/mol. The Labute approximate surface area is 225 Å². The number of aromatic hydroxyl groups is 2. The molecule has 9 heteroatoms. The second kappa shape index (κ2) is 10.8. The number of benzene rings is 2. The molecule has 4 N–H and O–H groups in total. The molecule has 9 nitrogen and oxygen atoms in total. The number of rotatable bonds is 8. The first-order chi connectivity index (χ1) is 18.8. The van der Waals surface area contributed by atoms with Crippen molar-refractivity contribution in [3.63, 3.8) is 0 Å². The number of nitrogens with one attached hydrogen (secondary N) is 2. The molecule has 0 unspecified atom stereocenters. The Balaban J connectivity index is 1.46. The van der Waals surface area contributed by atoms with Crippen LogP contribution in [0.15, 0.2) is 51.7 Å². The van der Waals surface area contributed by atoms with Crippen LogP contribution in [0.25, 0.3) is 10.9 Å². The average Bonchev–Trinajstić information content (AvgIpc) is 3.29. The quantitative estimate of drug-likeness (QED) is 0.252. The normalized spacial score (nSPS) is 15.5. The van der Waals surface area contributed by atoms with Gasteiger partial charge in [-0.3, -0.25) is 9.59 Å². The molecule has 1 aliphatic rings. The van der Waals surface area contributed by atoms with Crippen LogP contribution >= 0.6 is 0 Å². The summed E-state index contributed by atoms with van der Waals surface area (Å²) in [7, 11) is 1.42. The fourth-order valence-corrected chi connectivity index (χ4v) is 5.42. The van der Waals surface area contributed by atoms with Gasteiger partial charge in [0.05, 0.1) is 25.7 Å². The van der Waals surface area contributed by atoms with Gasteiger partial charge >= 0.3 is 0 Å². The number of H-pyrrole nitrogens is 1. The lowest BCUT2D eigenvalue weighted by Crippen LogP contribution is -2.32. The van der Waals surface area contributed by atoms with Crippen molar-refractivity contribution in [2.75, 3.05) is 13.7 Å². The van der Waals surface area contributed by atoms with Gasteiger partial charge < -0.3 is 34.4 Å². The number of fused-ring (bicyclic) bond motifs is 3. The van der Waals surface area contributed by atoms with Crippen LogP contribution in [0.5, 0.6) is 23.0 Å². The summed E-state index contributed by atoms with van der Waals surface area (Å²) in [6.45, 7) is 4.14. The van der Waals surface area contributed by atoms with Crippen LogP contribution in [0.3, 0.4) is 0 Å². The zero-order chi connectivity index (χ0) is 27.7. The van der Waals surface area contributed by atoms with E-state index in [-0.39, 0.29) is 35.6 Å². The highest BCUT2D eigenvalue weighted by molar-refractivity contribution is 5.87. The Morgan fingerprint density at radius 2 is 2.03 bits per heavy atom. The summed E-state index contributed by atoms with van der Waals surface area (Å²) in [6, 6.07) is 11.6. The fraction of sp³-hybridized carbons (Fsp3) is 0.333. The zero-order valence-electron chi connectivity index (χ0n) is 22.2. The van der Waals surface area contributed by atoms with Crippen molar-refractivity contribution < 1.29 is 28.9 Å². The maximum Gasteiger partial charge on any atom is 0.227 e. The number of amides is 1. The molecule has 0 saturated carbocycles. The zero-order valence-corrected chi connectivity index (χ0v) is 22.2. The summed E-state index contributed by atoms with van der Waals surface area (Å²) in [5.41, 5.74) is 3.09. The molecule has 1 amide bonds. The summed E-state index contributed by atoms with van der Waals surface area (Å²) >= 11 is 0. The minimum atomic E-state index is -0.799. The minimum Gasteiger partial charge on any atom is -0.504 e. The van der Waals surface area contributed by atoms with Gasteiger partial charge in [0.1, 0.15) is 11.5 Å². The van der Waals surface area contributed by atoms with Crippen molar-refractivity contribution in [1.29, 1.82) is 0 Å². The molecule has 39 heavy (non-hydrogen) atoms. The molecule has 4 aromatic rings. The number of carbonyl (C=O) groups is 1. The first kappa shape index (κ1) is 26.2. The number of aryl methyl sites for hydroxylation is 2. The number of hydrogen-bond donors (Lipinski definition) is 4. The number of hydrogen-bond acceptors (Lipinski definition) is 7. The van der Waals surface area contributed by atoms with E-state index >= 15 is 0 Å². The standard InChI is InChI=1S/C30H32N2O7/c1-4-38-18-9-10-22-21(14-18)19-6-5-7-23(28(19)32-22)31-27(35)15-20(17-8-11-24(33)26(13-17)37-3)30-29(36)25(34)12-16(2)39-30/h8-14,20,23,32-33,36H,4-7,15H2,1-3H3,(H,31,35)/t20-,23+/m1/s1. The van der Waals surface area contributed by atoms with Gasteiger partial charge in [-0.2, -0.15) is 0 Å². The molecule has 2 aromatic heterocycles. The summed E-state index contributed by atoms with van der Waals surface area (Å²) in [6.07, 6.45) is 2.48. The van der Waals surface area contributed by atoms with Gasteiger partial charge in [0.15, 0.2) is 17.3 Å². The van der Waals surface area contributed by atoms with E-state index in [1.165, 1.54) is 24.8 Å². The van der Waals surface area contributed by atoms with Crippen LogP contribution in [0, 0.1) is 6.92 Å². The minimum absolute atomic E-state index is 0.0127. The van der Waals surface area contributed by atoms with Crippen molar-refractivity contribution in [1.82, 2.24) is 10.3 Å². The van der Waals surface area contributed by atoms with Crippen LogP contribution in [-0.2, 0) is 11.2 Å². The molecule has 0 saturated heterocycles. The number of ether oxygens (including phenoxy) is 2. The number of aromatic nitrogens is 1. The Morgan fingerprint density at radius 1 is 1.21 bits per heavy atom. The van der Waals surface area contributed by atoms with Crippen LogP contribution < -0.4 is 20.2 Å². The van der Waals surface area contributed by atoms with E-state index in [1.54, 1.807) is 19.1 Å². The molecule has 204 valence electrons. The van der Waals surface area contributed by atoms with Gasteiger partial charge in [0.2, 0.25) is 17.1 Å². The average molecular weight is 533 g/mol. The van der Waals surface area contributed by atoms with Crippen molar-refractivity contribution in [3.8, 4) is 23.0 Å². The Kier molecular flexibility index (Phi) is 7.24. The van der Waals surface area contributed by atoms with Crippen LogP contribution in [-0.4, -0.2) is 34.8 Å². The van der Waals surface area contributed by atoms with Crippen LogP contribution in [0.2, 0.25) is 0 Å². The maximum atomic E-state index is 13.5.